The molecule has 0 atom stereocenters. The minimum atomic E-state index is -3.74. The van der Waals surface area contributed by atoms with Gasteiger partial charge in [0.1, 0.15) is 0 Å². The molecule has 3 rings (SSSR count). The minimum absolute atomic E-state index is 0.0295. The second-order valence-electron chi connectivity index (χ2n) is 6.15. The van der Waals surface area contributed by atoms with Crippen molar-refractivity contribution >= 4 is 50.8 Å². The zero-order chi connectivity index (χ0) is 21.0. The lowest BCUT2D eigenvalue weighted by molar-refractivity contribution is -0.116. The molecule has 0 aliphatic carbocycles. The Kier molecular flexibility index (Phi) is 6.23. The van der Waals surface area contributed by atoms with Gasteiger partial charge >= 0.3 is 5.97 Å². The topological polar surface area (TPSA) is 119 Å². The summed E-state index contributed by atoms with van der Waals surface area (Å²) in [4.78, 5) is 36.3. The first-order valence-corrected chi connectivity index (χ1v) is 11.2. The summed E-state index contributed by atoms with van der Waals surface area (Å²) in [6.45, 7) is 0. The van der Waals surface area contributed by atoms with Crippen molar-refractivity contribution in [3.8, 4) is 0 Å². The van der Waals surface area contributed by atoms with Crippen molar-refractivity contribution in [2.45, 2.75) is 16.2 Å². The predicted octanol–water partition coefficient (Wildman–Crippen LogP) is 2.32. The summed E-state index contributed by atoms with van der Waals surface area (Å²) in [6.07, 6.45) is -0.296. The molecule has 0 unspecified atom stereocenters. The van der Waals surface area contributed by atoms with Gasteiger partial charge in [-0.25, -0.2) is 13.2 Å². The summed E-state index contributed by atoms with van der Waals surface area (Å²) in [5.41, 5.74) is 0.869. The molecule has 1 heterocycles. The molecule has 152 valence electrons. The van der Waals surface area contributed by atoms with Crippen LogP contribution in [-0.4, -0.2) is 44.8 Å². The maximum Gasteiger partial charge on any atom is 0.339 e. The highest BCUT2D eigenvalue weighted by Gasteiger charge is 2.22. The molecule has 1 aliphatic heterocycles. The van der Waals surface area contributed by atoms with Gasteiger partial charge in [0, 0.05) is 11.3 Å². The summed E-state index contributed by atoms with van der Waals surface area (Å²) in [5.74, 6) is -1.49. The second kappa shape index (κ2) is 8.66. The quantitative estimate of drug-likeness (QED) is 0.670. The minimum Gasteiger partial charge on any atom is -0.465 e. The van der Waals surface area contributed by atoms with Crippen LogP contribution in [0.5, 0.6) is 0 Å². The Bertz CT molecular complexity index is 1080. The maximum atomic E-state index is 12.6. The molecule has 0 spiro atoms. The highest BCUT2D eigenvalue weighted by molar-refractivity contribution is 8.00. The number of hydrogen-bond acceptors (Lipinski definition) is 7. The number of fused-ring (bicyclic) bond motifs is 1. The zero-order valence-electron chi connectivity index (χ0n) is 15.4. The molecule has 0 radical (unpaired) electrons. The number of anilines is 2. The number of benzene rings is 2. The number of carbonyl (C=O) groups excluding carboxylic acids is 3. The van der Waals surface area contributed by atoms with Gasteiger partial charge in [0.15, 0.2) is 9.84 Å². The van der Waals surface area contributed by atoms with Crippen molar-refractivity contribution in [1.29, 1.82) is 0 Å². The van der Waals surface area contributed by atoms with E-state index in [9.17, 15) is 22.8 Å². The molecular formula is C19H18N2O6S2. The molecule has 2 aromatic rings. The number of methoxy groups -OCH3 is 1. The first kappa shape index (κ1) is 20.9. The molecule has 0 saturated heterocycles. The van der Waals surface area contributed by atoms with Crippen LogP contribution in [0.25, 0.3) is 0 Å². The Morgan fingerprint density at radius 2 is 1.97 bits per heavy atom. The smallest absolute Gasteiger partial charge is 0.339 e. The third-order valence-corrected chi connectivity index (χ3v) is 6.93. The Labute approximate surface area is 171 Å². The van der Waals surface area contributed by atoms with E-state index in [1.54, 1.807) is 18.2 Å². The van der Waals surface area contributed by atoms with E-state index in [0.29, 0.717) is 5.69 Å². The van der Waals surface area contributed by atoms with E-state index < -0.39 is 27.5 Å². The fourth-order valence-electron chi connectivity index (χ4n) is 2.69. The van der Waals surface area contributed by atoms with Gasteiger partial charge < -0.3 is 15.4 Å². The van der Waals surface area contributed by atoms with Crippen LogP contribution in [0.3, 0.4) is 0 Å². The lowest BCUT2D eigenvalue weighted by atomic mass is 10.2. The van der Waals surface area contributed by atoms with Gasteiger partial charge in [0.05, 0.1) is 40.4 Å². The number of para-hydroxylation sites is 1. The first-order chi connectivity index (χ1) is 13.8. The molecule has 10 heteroatoms. The van der Waals surface area contributed by atoms with Crippen LogP contribution in [0, 0.1) is 0 Å². The zero-order valence-corrected chi connectivity index (χ0v) is 17.1. The number of ether oxygens (including phenoxy) is 1. The van der Waals surface area contributed by atoms with Gasteiger partial charge in [-0.15, -0.1) is 11.8 Å². The summed E-state index contributed by atoms with van der Waals surface area (Å²) < 4.78 is 29.9. The monoisotopic (exact) mass is 434 g/mol. The van der Waals surface area contributed by atoms with Gasteiger partial charge in [-0.1, -0.05) is 12.1 Å². The molecule has 0 aromatic heterocycles. The van der Waals surface area contributed by atoms with Crippen molar-refractivity contribution in [1.82, 2.24) is 0 Å². The molecule has 2 N–H and O–H groups in total. The number of nitrogens with one attached hydrogen (secondary N) is 2. The normalized spacial score (nSPS) is 13.2. The highest BCUT2D eigenvalue weighted by atomic mass is 32.2. The Morgan fingerprint density at radius 3 is 2.72 bits per heavy atom. The maximum absolute atomic E-state index is 12.6. The van der Waals surface area contributed by atoms with Crippen LogP contribution in [0.4, 0.5) is 11.4 Å². The van der Waals surface area contributed by atoms with Crippen LogP contribution < -0.4 is 10.6 Å². The van der Waals surface area contributed by atoms with E-state index in [-0.39, 0.29) is 34.2 Å². The Hall–Kier alpha value is -2.85. The van der Waals surface area contributed by atoms with Gasteiger partial charge in [-0.05, 0) is 30.3 Å². The third-order valence-electron chi connectivity index (χ3n) is 4.15. The second-order valence-corrected chi connectivity index (χ2v) is 9.28. The fraction of sp³-hybridized carbons (Fsp3) is 0.211. The van der Waals surface area contributed by atoms with Crippen LogP contribution in [-0.2, 0) is 24.2 Å². The van der Waals surface area contributed by atoms with E-state index in [1.807, 2.05) is 0 Å². The molecule has 0 fully saturated rings. The number of sulfone groups is 1. The molecule has 8 nitrogen and oxygen atoms in total. The van der Waals surface area contributed by atoms with Gasteiger partial charge in [0.25, 0.3) is 0 Å². The van der Waals surface area contributed by atoms with Crippen LogP contribution in [0.1, 0.15) is 16.8 Å². The first-order valence-electron chi connectivity index (χ1n) is 8.57. The number of esters is 1. The number of rotatable bonds is 6. The van der Waals surface area contributed by atoms with Crippen LogP contribution in [0.2, 0.25) is 0 Å². The summed E-state index contributed by atoms with van der Waals surface area (Å²) in [6, 6.07) is 10.8. The van der Waals surface area contributed by atoms with Crippen LogP contribution >= 0.6 is 11.8 Å². The summed E-state index contributed by atoms with van der Waals surface area (Å²) in [5, 5.41) is 5.19. The van der Waals surface area contributed by atoms with Crippen molar-refractivity contribution in [2.75, 3.05) is 29.2 Å². The molecule has 29 heavy (non-hydrogen) atoms. The molecule has 0 saturated carbocycles. The number of carbonyl (C=O) groups is 3. The average molecular weight is 434 g/mol. The van der Waals surface area contributed by atoms with E-state index in [1.165, 1.54) is 43.1 Å². The number of thioether (sulfide) groups is 1. The van der Waals surface area contributed by atoms with Gasteiger partial charge in [0.2, 0.25) is 11.8 Å². The van der Waals surface area contributed by atoms with Crippen molar-refractivity contribution in [3.05, 3.63) is 48.0 Å². The molecule has 2 amide bonds. The molecular weight excluding hydrogens is 416 g/mol. The highest BCUT2D eigenvalue weighted by Crippen LogP contribution is 2.33. The van der Waals surface area contributed by atoms with E-state index in [4.69, 9.17) is 0 Å². The van der Waals surface area contributed by atoms with Crippen molar-refractivity contribution in [2.24, 2.45) is 0 Å². The van der Waals surface area contributed by atoms with E-state index >= 15 is 0 Å². The van der Waals surface area contributed by atoms with E-state index in [0.717, 1.165) is 4.90 Å². The fourth-order valence-corrected chi connectivity index (χ4v) is 4.74. The lowest BCUT2D eigenvalue weighted by Gasteiger charge is -2.17. The Morgan fingerprint density at radius 1 is 1.21 bits per heavy atom. The predicted molar refractivity (Wildman–Crippen MR) is 109 cm³/mol. The summed E-state index contributed by atoms with van der Waals surface area (Å²) in [7, 11) is -2.51. The average Bonchev–Trinajstić information content (AvgIpc) is 2.71. The largest absolute Gasteiger partial charge is 0.465 e. The lowest BCUT2D eigenvalue weighted by Crippen LogP contribution is -2.20. The number of amides is 2. The standard InChI is InChI=1S/C19H18N2O6S2/c1-27-19(24)13-4-2-3-5-14(13)20-17(22)8-9-29(25,26)12-6-7-16-15(10-12)21-18(23)11-28-16/h2-7,10H,8-9,11H2,1H3,(H,20,22)(H,21,23). The van der Waals surface area contributed by atoms with Gasteiger partial charge in [-0.3, -0.25) is 9.59 Å². The Balaban J connectivity index is 1.68. The van der Waals surface area contributed by atoms with Crippen molar-refractivity contribution < 1.29 is 27.5 Å². The van der Waals surface area contributed by atoms with Crippen LogP contribution in [0.15, 0.2) is 52.3 Å². The molecule has 0 bridgehead atoms. The third kappa shape index (κ3) is 4.96. The van der Waals surface area contributed by atoms with E-state index in [2.05, 4.69) is 15.4 Å². The molecule has 2 aromatic carbocycles. The molecule has 1 aliphatic rings. The van der Waals surface area contributed by atoms with Crippen molar-refractivity contribution in [3.63, 3.8) is 0 Å². The van der Waals surface area contributed by atoms with Gasteiger partial charge in [-0.2, -0.15) is 0 Å². The SMILES string of the molecule is COC(=O)c1ccccc1NC(=O)CCS(=O)(=O)c1ccc2c(c1)NC(=O)CS2. The summed E-state index contributed by atoms with van der Waals surface area (Å²) >= 11 is 1.33. The number of hydrogen-bond donors (Lipinski definition) is 2.